The predicted octanol–water partition coefficient (Wildman–Crippen LogP) is 0.437. The zero-order valence-electron chi connectivity index (χ0n) is 4.64. The number of aliphatic hydroxyl groups is 1. The first-order chi connectivity index (χ1) is 3.85. The van der Waals surface area contributed by atoms with Crippen LogP contribution in [0.4, 0.5) is 0 Å². The molecule has 1 N–H and O–H groups in total. The van der Waals surface area contributed by atoms with Crippen molar-refractivity contribution in [1.82, 2.24) is 0 Å². The largest absolute Gasteiger partial charge is 0.394 e. The Morgan fingerprint density at radius 3 is 2.50 bits per heavy atom. The van der Waals surface area contributed by atoms with Crippen molar-refractivity contribution in [1.29, 1.82) is 0 Å². The normalized spacial score (nSPS) is 13.9. The molecule has 0 aromatic rings. The van der Waals surface area contributed by atoms with Crippen LogP contribution in [0.25, 0.3) is 0 Å². The maximum absolute atomic E-state index is 8.42. The molecule has 0 aromatic carbocycles. The number of hydrogen-bond acceptors (Lipinski definition) is 2. The van der Waals surface area contributed by atoms with Crippen LogP contribution in [0.5, 0.6) is 0 Å². The van der Waals surface area contributed by atoms with Gasteiger partial charge in [0.25, 0.3) is 0 Å². The van der Waals surface area contributed by atoms with Crippen molar-refractivity contribution in [3.63, 3.8) is 0 Å². The molecule has 0 bridgehead atoms. The van der Waals surface area contributed by atoms with E-state index in [0.717, 1.165) is 0 Å². The first kappa shape index (κ1) is 8.21. The Morgan fingerprint density at radius 2 is 2.38 bits per heavy atom. The van der Waals surface area contributed by atoms with Crippen LogP contribution in [-0.2, 0) is 4.74 Å². The lowest BCUT2D eigenvalue weighted by atomic mass is 10.4. The molecule has 49 valence electrons. The molecule has 0 aliphatic carbocycles. The lowest BCUT2D eigenvalue weighted by molar-refractivity contribution is 0.0426. The van der Waals surface area contributed by atoms with E-state index in [1.165, 1.54) is 0 Å². The van der Waals surface area contributed by atoms with Crippen molar-refractivity contribution in [3.05, 3.63) is 6.92 Å². The Labute approximate surface area is 54.4 Å². The lowest BCUT2D eigenvalue weighted by Crippen LogP contribution is -2.18. The molecule has 0 fully saturated rings. The van der Waals surface area contributed by atoms with E-state index in [1.54, 1.807) is 0 Å². The van der Waals surface area contributed by atoms with Gasteiger partial charge in [0.15, 0.2) is 0 Å². The molecule has 0 rings (SSSR count). The Kier molecular flexibility index (Phi) is 5.49. The first-order valence-electron chi connectivity index (χ1n) is 2.42. The summed E-state index contributed by atoms with van der Waals surface area (Å²) < 4.78 is 4.85. The van der Waals surface area contributed by atoms with E-state index in [4.69, 9.17) is 21.4 Å². The predicted molar refractivity (Wildman–Crippen MR) is 32.9 cm³/mol. The minimum atomic E-state index is -0.242. The third-order valence-electron chi connectivity index (χ3n) is 0.729. The SMILES string of the molecule is [CH2]COC(CO)CCl. The molecule has 1 radical (unpaired) electrons. The summed E-state index contributed by atoms with van der Waals surface area (Å²) in [7, 11) is 0. The highest BCUT2D eigenvalue weighted by molar-refractivity contribution is 6.18. The molecule has 3 heteroatoms. The zero-order chi connectivity index (χ0) is 6.41. The smallest absolute Gasteiger partial charge is 0.0940 e. The van der Waals surface area contributed by atoms with E-state index in [0.29, 0.717) is 12.5 Å². The summed E-state index contributed by atoms with van der Waals surface area (Å²) >= 11 is 5.33. The molecule has 0 spiro atoms. The fraction of sp³-hybridized carbons (Fsp3) is 0.800. The first-order valence-corrected chi connectivity index (χ1v) is 2.96. The van der Waals surface area contributed by atoms with Crippen molar-refractivity contribution < 1.29 is 9.84 Å². The number of ether oxygens (including phenoxy) is 1. The zero-order valence-corrected chi connectivity index (χ0v) is 5.40. The minimum absolute atomic E-state index is 0.0287. The standard InChI is InChI=1S/C5H10ClO2/c1-2-8-5(3-6)4-7/h5,7H,1-4H2. The van der Waals surface area contributed by atoms with Gasteiger partial charge in [-0.15, -0.1) is 11.6 Å². The third-order valence-corrected chi connectivity index (χ3v) is 1.07. The van der Waals surface area contributed by atoms with E-state index >= 15 is 0 Å². The average Bonchev–Trinajstić information content (AvgIpc) is 1.83. The molecule has 0 saturated carbocycles. The van der Waals surface area contributed by atoms with E-state index in [-0.39, 0.29) is 12.7 Å². The molecular weight excluding hydrogens is 128 g/mol. The highest BCUT2D eigenvalue weighted by Crippen LogP contribution is 1.92. The van der Waals surface area contributed by atoms with Crippen molar-refractivity contribution in [2.24, 2.45) is 0 Å². The second kappa shape index (κ2) is 5.35. The topological polar surface area (TPSA) is 29.5 Å². The Bertz CT molecular complexity index is 45.7. The van der Waals surface area contributed by atoms with Gasteiger partial charge in [-0.1, -0.05) is 0 Å². The third kappa shape index (κ3) is 3.24. The number of hydrogen-bond donors (Lipinski definition) is 1. The van der Waals surface area contributed by atoms with Gasteiger partial charge in [0.05, 0.1) is 18.6 Å². The van der Waals surface area contributed by atoms with Crippen LogP contribution >= 0.6 is 11.6 Å². The molecule has 8 heavy (non-hydrogen) atoms. The van der Waals surface area contributed by atoms with Crippen molar-refractivity contribution in [3.8, 4) is 0 Å². The van der Waals surface area contributed by atoms with E-state index in [9.17, 15) is 0 Å². The maximum atomic E-state index is 8.42. The summed E-state index contributed by atoms with van der Waals surface area (Å²) in [5.74, 6) is 0.325. The van der Waals surface area contributed by atoms with Crippen LogP contribution in [0.1, 0.15) is 0 Å². The van der Waals surface area contributed by atoms with Gasteiger partial charge >= 0.3 is 0 Å². The molecular formula is C5H10ClO2. The van der Waals surface area contributed by atoms with Crippen LogP contribution < -0.4 is 0 Å². The van der Waals surface area contributed by atoms with Gasteiger partial charge in [-0.25, -0.2) is 0 Å². The van der Waals surface area contributed by atoms with Crippen molar-refractivity contribution in [2.75, 3.05) is 19.1 Å². The Hall–Kier alpha value is 0.210. The molecule has 1 unspecified atom stereocenters. The molecule has 0 aliphatic rings. The molecule has 0 heterocycles. The fourth-order valence-electron chi connectivity index (χ4n) is 0.313. The Balaban J connectivity index is 3.07. The van der Waals surface area contributed by atoms with E-state index in [2.05, 4.69) is 6.92 Å². The fourth-order valence-corrected chi connectivity index (χ4v) is 0.499. The highest BCUT2D eigenvalue weighted by Gasteiger charge is 2.01. The van der Waals surface area contributed by atoms with Crippen LogP contribution in [0, 0.1) is 6.92 Å². The summed E-state index contributed by atoms with van der Waals surface area (Å²) in [6, 6.07) is 0. The van der Waals surface area contributed by atoms with Gasteiger partial charge in [-0.3, -0.25) is 0 Å². The Morgan fingerprint density at radius 1 is 1.75 bits per heavy atom. The second-order valence-electron chi connectivity index (χ2n) is 1.33. The van der Waals surface area contributed by atoms with E-state index in [1.807, 2.05) is 0 Å². The van der Waals surface area contributed by atoms with Gasteiger partial charge in [0.1, 0.15) is 0 Å². The van der Waals surface area contributed by atoms with Crippen LogP contribution in [0.3, 0.4) is 0 Å². The molecule has 0 amide bonds. The summed E-state index contributed by atoms with van der Waals surface area (Å²) in [5.41, 5.74) is 0. The summed E-state index contributed by atoms with van der Waals surface area (Å²) in [6.07, 6.45) is -0.242. The van der Waals surface area contributed by atoms with Gasteiger partial charge in [-0.05, 0) is 6.92 Å². The highest BCUT2D eigenvalue weighted by atomic mass is 35.5. The van der Waals surface area contributed by atoms with Gasteiger partial charge in [0.2, 0.25) is 0 Å². The molecule has 0 aliphatic heterocycles. The van der Waals surface area contributed by atoms with Crippen molar-refractivity contribution in [2.45, 2.75) is 6.10 Å². The molecule has 0 saturated heterocycles. The number of alkyl halides is 1. The lowest BCUT2D eigenvalue weighted by Gasteiger charge is -2.08. The maximum Gasteiger partial charge on any atom is 0.0940 e. The minimum Gasteiger partial charge on any atom is -0.394 e. The van der Waals surface area contributed by atoms with Crippen molar-refractivity contribution >= 4 is 11.6 Å². The van der Waals surface area contributed by atoms with Crippen LogP contribution in [0.2, 0.25) is 0 Å². The number of aliphatic hydroxyl groups excluding tert-OH is 1. The van der Waals surface area contributed by atoms with Crippen LogP contribution in [0.15, 0.2) is 0 Å². The van der Waals surface area contributed by atoms with Gasteiger partial charge in [0, 0.05) is 6.61 Å². The molecule has 2 nitrogen and oxygen atoms in total. The summed E-state index contributed by atoms with van der Waals surface area (Å²) in [5, 5.41) is 8.42. The van der Waals surface area contributed by atoms with Crippen LogP contribution in [-0.4, -0.2) is 30.3 Å². The monoisotopic (exact) mass is 137 g/mol. The van der Waals surface area contributed by atoms with Gasteiger partial charge < -0.3 is 9.84 Å². The van der Waals surface area contributed by atoms with Gasteiger partial charge in [-0.2, -0.15) is 0 Å². The van der Waals surface area contributed by atoms with E-state index < -0.39 is 0 Å². The number of halogens is 1. The summed E-state index contributed by atoms with van der Waals surface area (Å²) in [6.45, 7) is 3.76. The number of rotatable bonds is 4. The average molecular weight is 138 g/mol. The summed E-state index contributed by atoms with van der Waals surface area (Å²) in [4.78, 5) is 0. The second-order valence-corrected chi connectivity index (χ2v) is 1.64. The molecule has 1 atom stereocenters. The quantitative estimate of drug-likeness (QED) is 0.570. The molecule has 0 aromatic heterocycles.